The first-order valence-corrected chi connectivity index (χ1v) is 4.86. The van der Waals surface area contributed by atoms with Gasteiger partial charge in [0.05, 0.1) is 6.61 Å². The molecule has 1 atom stereocenters. The molecular weight excluding hydrogens is 176 g/mol. The van der Waals surface area contributed by atoms with E-state index in [1.165, 1.54) is 5.56 Å². The molecule has 0 saturated carbocycles. The average Bonchev–Trinajstić information content (AvgIpc) is 2.54. The summed E-state index contributed by atoms with van der Waals surface area (Å²) in [5, 5.41) is 8.65. The second-order valence-corrected chi connectivity index (χ2v) is 3.58. The number of hydrogen-bond donors (Lipinski definition) is 1. The lowest BCUT2D eigenvalue weighted by Crippen LogP contribution is -2.05. The molecule has 0 aromatic heterocycles. The first-order chi connectivity index (χ1) is 6.79. The lowest BCUT2D eigenvalue weighted by molar-refractivity contribution is 0.254. The van der Waals surface area contributed by atoms with Gasteiger partial charge in [-0.15, -0.1) is 0 Å². The lowest BCUT2D eigenvalue weighted by Gasteiger charge is -2.01. The molecule has 1 heterocycles. The molecule has 2 nitrogen and oxygen atoms in total. The second kappa shape index (κ2) is 3.84. The predicted octanol–water partition coefficient (Wildman–Crippen LogP) is 2.02. The number of ether oxygens (including phenoxy) is 1. The fourth-order valence-corrected chi connectivity index (χ4v) is 1.73. The summed E-state index contributed by atoms with van der Waals surface area (Å²) in [5.41, 5.74) is 2.38. The van der Waals surface area contributed by atoms with Crippen molar-refractivity contribution < 1.29 is 9.84 Å². The van der Waals surface area contributed by atoms with Gasteiger partial charge in [-0.2, -0.15) is 0 Å². The van der Waals surface area contributed by atoms with Crippen LogP contribution in [0.25, 0.3) is 6.08 Å². The van der Waals surface area contributed by atoms with Crippen molar-refractivity contribution in [1.29, 1.82) is 0 Å². The van der Waals surface area contributed by atoms with Crippen molar-refractivity contribution in [3.05, 3.63) is 35.4 Å². The minimum Gasteiger partial charge on any atom is -0.490 e. The molecule has 0 spiro atoms. The Balaban J connectivity index is 2.24. The molecule has 1 aromatic carbocycles. The average molecular weight is 190 g/mol. The summed E-state index contributed by atoms with van der Waals surface area (Å²) in [6.45, 7) is 2.16. The Morgan fingerprint density at radius 1 is 1.57 bits per heavy atom. The van der Waals surface area contributed by atoms with Gasteiger partial charge >= 0.3 is 0 Å². The quantitative estimate of drug-likeness (QED) is 0.773. The van der Waals surface area contributed by atoms with Crippen LogP contribution < -0.4 is 4.74 Å². The lowest BCUT2D eigenvalue weighted by atomic mass is 10.1. The molecule has 14 heavy (non-hydrogen) atoms. The van der Waals surface area contributed by atoms with Gasteiger partial charge < -0.3 is 9.84 Å². The van der Waals surface area contributed by atoms with Crippen molar-refractivity contribution in [2.45, 2.75) is 19.4 Å². The maximum absolute atomic E-state index is 8.65. The van der Waals surface area contributed by atoms with Crippen LogP contribution in [0.5, 0.6) is 5.75 Å². The van der Waals surface area contributed by atoms with Gasteiger partial charge in [0.25, 0.3) is 0 Å². The summed E-state index contributed by atoms with van der Waals surface area (Å²) < 4.78 is 5.59. The van der Waals surface area contributed by atoms with E-state index in [2.05, 4.69) is 13.0 Å². The highest BCUT2D eigenvalue weighted by Gasteiger charge is 2.18. The van der Waals surface area contributed by atoms with E-state index in [4.69, 9.17) is 9.84 Å². The number of rotatable bonds is 2. The fraction of sp³-hybridized carbons (Fsp3) is 0.333. The van der Waals surface area contributed by atoms with Gasteiger partial charge in [0.1, 0.15) is 11.9 Å². The highest BCUT2D eigenvalue weighted by molar-refractivity contribution is 5.54. The second-order valence-electron chi connectivity index (χ2n) is 3.58. The third-order valence-corrected chi connectivity index (χ3v) is 2.34. The van der Waals surface area contributed by atoms with Crippen LogP contribution in [0.3, 0.4) is 0 Å². The summed E-state index contributed by atoms with van der Waals surface area (Å²) in [7, 11) is 0. The van der Waals surface area contributed by atoms with Gasteiger partial charge in [0.2, 0.25) is 0 Å². The number of aliphatic hydroxyl groups excluding tert-OH is 1. The predicted molar refractivity (Wildman–Crippen MR) is 56.4 cm³/mol. The van der Waals surface area contributed by atoms with E-state index in [-0.39, 0.29) is 6.61 Å². The standard InChI is InChI=1S/C12H14O2/c1-9-7-11-8-10(3-2-6-13)4-5-12(11)14-9/h2-5,8-9,13H,6-7H2,1H3/b3-2+. The van der Waals surface area contributed by atoms with Crippen LogP contribution in [0.15, 0.2) is 24.3 Å². The first kappa shape index (κ1) is 9.28. The Morgan fingerprint density at radius 3 is 3.21 bits per heavy atom. The summed E-state index contributed by atoms with van der Waals surface area (Å²) in [6.07, 6.45) is 4.93. The molecule has 1 unspecified atom stereocenters. The van der Waals surface area contributed by atoms with Crippen molar-refractivity contribution in [2.75, 3.05) is 6.61 Å². The molecule has 0 amide bonds. The van der Waals surface area contributed by atoms with Gasteiger partial charge in [-0.05, 0) is 30.2 Å². The highest BCUT2D eigenvalue weighted by Crippen LogP contribution is 2.29. The van der Waals surface area contributed by atoms with Crippen LogP contribution in [-0.4, -0.2) is 17.8 Å². The van der Waals surface area contributed by atoms with Crippen molar-refractivity contribution >= 4 is 6.08 Å². The number of benzene rings is 1. The van der Waals surface area contributed by atoms with Crippen LogP contribution in [0.2, 0.25) is 0 Å². The third kappa shape index (κ3) is 1.80. The summed E-state index contributed by atoms with van der Waals surface area (Å²) in [5.74, 6) is 0.999. The zero-order valence-electron chi connectivity index (χ0n) is 8.23. The summed E-state index contributed by atoms with van der Waals surface area (Å²) in [4.78, 5) is 0. The van der Waals surface area contributed by atoms with Crippen molar-refractivity contribution in [1.82, 2.24) is 0 Å². The zero-order chi connectivity index (χ0) is 9.97. The van der Waals surface area contributed by atoms with Gasteiger partial charge in [-0.1, -0.05) is 18.2 Å². The number of hydrogen-bond acceptors (Lipinski definition) is 2. The van der Waals surface area contributed by atoms with Crippen LogP contribution in [0, 0.1) is 0 Å². The monoisotopic (exact) mass is 190 g/mol. The molecule has 1 aliphatic heterocycles. The molecule has 2 rings (SSSR count). The van der Waals surface area contributed by atoms with Crippen molar-refractivity contribution in [3.63, 3.8) is 0 Å². The maximum atomic E-state index is 8.65. The molecule has 74 valence electrons. The van der Waals surface area contributed by atoms with E-state index in [0.717, 1.165) is 17.7 Å². The first-order valence-electron chi connectivity index (χ1n) is 4.86. The zero-order valence-corrected chi connectivity index (χ0v) is 8.23. The Bertz CT molecular complexity index is 355. The minimum atomic E-state index is 0.0873. The molecule has 1 N–H and O–H groups in total. The Kier molecular flexibility index (Phi) is 2.55. The van der Waals surface area contributed by atoms with Gasteiger partial charge in [0, 0.05) is 6.42 Å². The molecule has 0 fully saturated rings. The van der Waals surface area contributed by atoms with E-state index in [0.29, 0.717) is 6.10 Å². The van der Waals surface area contributed by atoms with E-state index >= 15 is 0 Å². The van der Waals surface area contributed by atoms with Crippen LogP contribution in [0.4, 0.5) is 0 Å². The molecule has 0 aliphatic carbocycles. The van der Waals surface area contributed by atoms with Crippen molar-refractivity contribution in [2.24, 2.45) is 0 Å². The topological polar surface area (TPSA) is 29.5 Å². The molecule has 0 radical (unpaired) electrons. The molecule has 0 saturated heterocycles. The molecule has 1 aliphatic rings. The number of aliphatic hydroxyl groups is 1. The summed E-state index contributed by atoms with van der Waals surface area (Å²) in [6, 6.07) is 6.11. The maximum Gasteiger partial charge on any atom is 0.123 e. The Labute approximate surface area is 83.8 Å². The molecular formula is C12H14O2. The van der Waals surface area contributed by atoms with Gasteiger partial charge in [0.15, 0.2) is 0 Å². The normalized spacial score (nSPS) is 19.7. The molecule has 0 bridgehead atoms. The fourth-order valence-electron chi connectivity index (χ4n) is 1.73. The van der Waals surface area contributed by atoms with Gasteiger partial charge in [-0.25, -0.2) is 0 Å². The molecule has 1 aromatic rings. The minimum absolute atomic E-state index is 0.0873. The van der Waals surface area contributed by atoms with Crippen molar-refractivity contribution in [3.8, 4) is 5.75 Å². The van der Waals surface area contributed by atoms with E-state index < -0.39 is 0 Å². The third-order valence-electron chi connectivity index (χ3n) is 2.34. The Morgan fingerprint density at radius 2 is 2.43 bits per heavy atom. The van der Waals surface area contributed by atoms with E-state index in [9.17, 15) is 0 Å². The van der Waals surface area contributed by atoms with E-state index in [1.807, 2.05) is 18.2 Å². The van der Waals surface area contributed by atoms with Crippen LogP contribution in [-0.2, 0) is 6.42 Å². The van der Waals surface area contributed by atoms with Gasteiger partial charge in [-0.3, -0.25) is 0 Å². The largest absolute Gasteiger partial charge is 0.490 e. The van der Waals surface area contributed by atoms with Crippen LogP contribution >= 0.6 is 0 Å². The van der Waals surface area contributed by atoms with E-state index in [1.54, 1.807) is 6.08 Å². The highest BCUT2D eigenvalue weighted by atomic mass is 16.5. The number of fused-ring (bicyclic) bond motifs is 1. The smallest absolute Gasteiger partial charge is 0.123 e. The van der Waals surface area contributed by atoms with Crippen LogP contribution in [0.1, 0.15) is 18.1 Å². The molecule has 2 heteroatoms. The SMILES string of the molecule is CC1Cc2cc(/C=C/CO)ccc2O1. The Hall–Kier alpha value is -1.28. The summed E-state index contributed by atoms with van der Waals surface area (Å²) >= 11 is 0.